The number of rotatable bonds is 21. The Kier molecular flexibility index (Phi) is 21.9. The van der Waals surface area contributed by atoms with Gasteiger partial charge in [-0.3, -0.25) is 5.32 Å². The molecule has 0 radical (unpaired) electrons. The first kappa shape index (κ1) is 24.9. The van der Waals surface area contributed by atoms with Crippen molar-refractivity contribution in [3.8, 4) is 0 Å². The molecule has 2 N–H and O–H groups in total. The van der Waals surface area contributed by atoms with Gasteiger partial charge in [0.25, 0.3) is 0 Å². The van der Waals surface area contributed by atoms with Crippen LogP contribution in [-0.2, 0) is 0 Å². The minimum absolute atomic E-state index is 0.279. The smallest absolute Gasteiger partial charge is 0.104 e. The average Bonchev–Trinajstić information content (AvgIpc) is 2.62. The van der Waals surface area contributed by atoms with Crippen LogP contribution < -0.4 is 5.32 Å². The van der Waals surface area contributed by atoms with E-state index in [1.54, 1.807) is 0 Å². The van der Waals surface area contributed by atoms with E-state index in [-0.39, 0.29) is 6.23 Å². The van der Waals surface area contributed by atoms with E-state index in [2.05, 4.69) is 19.2 Å². The molecule has 0 aliphatic rings. The van der Waals surface area contributed by atoms with Crippen molar-refractivity contribution in [1.29, 1.82) is 0 Å². The van der Waals surface area contributed by atoms with E-state index in [0.29, 0.717) is 0 Å². The first-order valence-corrected chi connectivity index (χ1v) is 11.7. The van der Waals surface area contributed by atoms with Crippen LogP contribution in [0, 0.1) is 0 Å². The van der Waals surface area contributed by atoms with Crippen molar-refractivity contribution in [2.24, 2.45) is 0 Å². The van der Waals surface area contributed by atoms with Crippen LogP contribution in [0.1, 0.15) is 136 Å². The van der Waals surface area contributed by atoms with Crippen molar-refractivity contribution in [3.63, 3.8) is 0 Å². The lowest BCUT2D eigenvalue weighted by Crippen LogP contribution is -2.29. The number of aliphatic hydroxyl groups is 1. The molecule has 0 spiro atoms. The van der Waals surface area contributed by atoms with Gasteiger partial charge in [-0.2, -0.15) is 0 Å². The Hall–Kier alpha value is -0.0800. The zero-order valence-corrected chi connectivity index (χ0v) is 17.7. The van der Waals surface area contributed by atoms with Gasteiger partial charge >= 0.3 is 0 Å². The molecule has 0 bridgehead atoms. The lowest BCUT2D eigenvalue weighted by Gasteiger charge is -2.12. The fraction of sp³-hybridized carbons (Fsp3) is 1.00. The Morgan fingerprint density at radius 3 is 1.32 bits per heavy atom. The van der Waals surface area contributed by atoms with Gasteiger partial charge in [0.05, 0.1) is 0 Å². The predicted octanol–water partition coefficient (Wildman–Crippen LogP) is 7.35. The number of hydrogen-bond acceptors (Lipinski definition) is 2. The molecule has 0 aromatic carbocycles. The van der Waals surface area contributed by atoms with Crippen molar-refractivity contribution >= 4 is 0 Å². The van der Waals surface area contributed by atoms with Gasteiger partial charge in [-0.25, -0.2) is 0 Å². The summed E-state index contributed by atoms with van der Waals surface area (Å²) in [5, 5.41) is 13.1. The molecule has 0 heterocycles. The van der Waals surface area contributed by atoms with Crippen molar-refractivity contribution < 1.29 is 5.11 Å². The third kappa shape index (κ3) is 21.9. The molecular weight excluding hydrogens is 306 g/mol. The molecule has 0 saturated heterocycles. The minimum Gasteiger partial charge on any atom is -0.379 e. The monoisotopic (exact) mass is 355 g/mol. The average molecular weight is 356 g/mol. The maximum atomic E-state index is 9.84. The maximum absolute atomic E-state index is 9.84. The second-order valence-corrected chi connectivity index (χ2v) is 7.92. The number of unbranched alkanes of at least 4 members (excludes halogenated alkanes) is 16. The van der Waals surface area contributed by atoms with Gasteiger partial charge < -0.3 is 5.11 Å². The third-order valence-electron chi connectivity index (χ3n) is 5.24. The van der Waals surface area contributed by atoms with Crippen molar-refractivity contribution in [2.75, 3.05) is 6.54 Å². The quantitative estimate of drug-likeness (QED) is 0.167. The summed E-state index contributed by atoms with van der Waals surface area (Å²) in [4.78, 5) is 0. The molecule has 0 saturated carbocycles. The second kappa shape index (κ2) is 22.0. The Morgan fingerprint density at radius 2 is 0.880 bits per heavy atom. The lowest BCUT2D eigenvalue weighted by molar-refractivity contribution is 0.124. The Bertz CT molecular complexity index is 232. The molecule has 0 aromatic rings. The van der Waals surface area contributed by atoms with Crippen LogP contribution in [0.4, 0.5) is 0 Å². The number of aliphatic hydroxyl groups excluding tert-OH is 1. The van der Waals surface area contributed by atoms with Gasteiger partial charge in [-0.15, -0.1) is 0 Å². The molecule has 0 rings (SSSR count). The molecule has 1 atom stereocenters. The molecule has 0 fully saturated rings. The van der Waals surface area contributed by atoms with Gasteiger partial charge in [0, 0.05) is 0 Å². The van der Waals surface area contributed by atoms with E-state index in [9.17, 15) is 5.11 Å². The topological polar surface area (TPSA) is 32.3 Å². The van der Waals surface area contributed by atoms with Crippen molar-refractivity contribution in [3.05, 3.63) is 0 Å². The highest BCUT2D eigenvalue weighted by molar-refractivity contribution is 4.55. The molecule has 2 nitrogen and oxygen atoms in total. The third-order valence-corrected chi connectivity index (χ3v) is 5.24. The van der Waals surface area contributed by atoms with E-state index in [0.717, 1.165) is 13.0 Å². The maximum Gasteiger partial charge on any atom is 0.104 e. The summed E-state index contributed by atoms with van der Waals surface area (Å²) in [7, 11) is 0. The summed E-state index contributed by atoms with van der Waals surface area (Å²) >= 11 is 0. The summed E-state index contributed by atoms with van der Waals surface area (Å²) in [5.74, 6) is 0. The highest BCUT2D eigenvalue weighted by Gasteiger charge is 2.02. The summed E-state index contributed by atoms with van der Waals surface area (Å²) in [6.07, 6.45) is 25.3. The Balaban J connectivity index is 3.06. The van der Waals surface area contributed by atoms with E-state index >= 15 is 0 Å². The standard InChI is InChI=1S/C23H49NO/c1-3-5-7-8-9-10-11-12-13-14-15-16-17-18-19-21-23(25)24-22-20-6-4-2/h23-25H,3-22H2,1-2H3. The fourth-order valence-electron chi connectivity index (χ4n) is 3.45. The molecular formula is C23H49NO. The zero-order valence-electron chi connectivity index (χ0n) is 17.7. The summed E-state index contributed by atoms with van der Waals surface area (Å²) in [6.45, 7) is 5.47. The molecule has 0 amide bonds. The zero-order chi connectivity index (χ0) is 18.4. The number of nitrogens with one attached hydrogen (secondary N) is 1. The van der Waals surface area contributed by atoms with E-state index in [1.807, 2.05) is 0 Å². The molecule has 0 aliphatic heterocycles. The Morgan fingerprint density at radius 1 is 0.520 bits per heavy atom. The molecule has 2 heteroatoms. The summed E-state index contributed by atoms with van der Waals surface area (Å²) in [6, 6.07) is 0. The Labute approximate surface area is 159 Å². The molecule has 0 aromatic heterocycles. The fourth-order valence-corrected chi connectivity index (χ4v) is 3.45. The van der Waals surface area contributed by atoms with Gasteiger partial charge in [-0.1, -0.05) is 117 Å². The van der Waals surface area contributed by atoms with Crippen molar-refractivity contribution in [1.82, 2.24) is 5.32 Å². The van der Waals surface area contributed by atoms with E-state index < -0.39 is 0 Å². The van der Waals surface area contributed by atoms with Crippen LogP contribution >= 0.6 is 0 Å². The van der Waals surface area contributed by atoms with E-state index in [1.165, 1.54) is 116 Å². The normalized spacial score (nSPS) is 12.6. The largest absolute Gasteiger partial charge is 0.379 e. The van der Waals surface area contributed by atoms with Crippen LogP contribution in [0.3, 0.4) is 0 Å². The first-order chi connectivity index (χ1) is 12.3. The highest BCUT2D eigenvalue weighted by Crippen LogP contribution is 2.13. The second-order valence-electron chi connectivity index (χ2n) is 7.92. The summed E-state index contributed by atoms with van der Waals surface area (Å²) in [5.41, 5.74) is 0. The molecule has 25 heavy (non-hydrogen) atoms. The van der Waals surface area contributed by atoms with Gasteiger partial charge in [0.2, 0.25) is 0 Å². The van der Waals surface area contributed by atoms with Gasteiger partial charge in [0.15, 0.2) is 0 Å². The van der Waals surface area contributed by atoms with Crippen LogP contribution in [0.5, 0.6) is 0 Å². The molecule has 0 aliphatic carbocycles. The lowest BCUT2D eigenvalue weighted by atomic mass is 10.0. The molecule has 1 unspecified atom stereocenters. The highest BCUT2D eigenvalue weighted by atomic mass is 16.3. The SMILES string of the molecule is CCCCCCCCCCCCCCCCCC(O)NCCCCC. The van der Waals surface area contributed by atoms with Crippen LogP contribution in [-0.4, -0.2) is 17.9 Å². The molecule has 152 valence electrons. The predicted molar refractivity (Wildman–Crippen MR) is 113 cm³/mol. The summed E-state index contributed by atoms with van der Waals surface area (Å²) < 4.78 is 0. The van der Waals surface area contributed by atoms with Crippen molar-refractivity contribution in [2.45, 2.75) is 142 Å². The van der Waals surface area contributed by atoms with Gasteiger partial charge in [0.1, 0.15) is 6.23 Å². The van der Waals surface area contributed by atoms with Crippen LogP contribution in [0.2, 0.25) is 0 Å². The first-order valence-electron chi connectivity index (χ1n) is 11.7. The minimum atomic E-state index is -0.279. The van der Waals surface area contributed by atoms with Gasteiger partial charge in [-0.05, 0) is 25.8 Å². The van der Waals surface area contributed by atoms with E-state index in [4.69, 9.17) is 0 Å². The number of hydrogen-bond donors (Lipinski definition) is 2. The van der Waals surface area contributed by atoms with Crippen LogP contribution in [0.25, 0.3) is 0 Å². The van der Waals surface area contributed by atoms with Crippen LogP contribution in [0.15, 0.2) is 0 Å².